The molecule has 11 nitrogen and oxygen atoms in total. The van der Waals surface area contributed by atoms with Gasteiger partial charge in [-0.1, -0.05) is 13.0 Å². The van der Waals surface area contributed by atoms with E-state index in [9.17, 15) is 18.3 Å². The molecule has 1 aromatic heterocycles. The number of carbonyl (C=O) groups is 1. The van der Waals surface area contributed by atoms with Crippen LogP contribution in [0.3, 0.4) is 0 Å². The second-order valence-electron chi connectivity index (χ2n) is 9.78. The number of aliphatic hydroxyl groups excluding tert-OH is 1. The summed E-state index contributed by atoms with van der Waals surface area (Å²) in [5, 5.41) is 9.86. The smallest absolute Gasteiger partial charge is 0.253 e. The Bertz CT molecular complexity index is 1470. The number of likely N-dealkylation sites (N-methyl/N-ethyl adjacent to an activating group) is 1. The van der Waals surface area contributed by atoms with Crippen LogP contribution in [0.5, 0.6) is 17.2 Å². The van der Waals surface area contributed by atoms with E-state index >= 15 is 0 Å². The molecule has 0 saturated carbocycles. The van der Waals surface area contributed by atoms with Crippen molar-refractivity contribution < 1.29 is 32.5 Å². The largest absolute Gasteiger partial charge is 0.487 e. The number of rotatable bonds is 6. The van der Waals surface area contributed by atoms with E-state index in [0.717, 1.165) is 0 Å². The number of ether oxygens (including phenoxy) is 3. The highest BCUT2D eigenvalue weighted by molar-refractivity contribution is 7.89. The van der Waals surface area contributed by atoms with E-state index in [-0.39, 0.29) is 49.0 Å². The molecule has 5 rings (SSSR count). The van der Waals surface area contributed by atoms with Crippen LogP contribution in [-0.2, 0) is 10.0 Å². The van der Waals surface area contributed by atoms with Gasteiger partial charge in [0.2, 0.25) is 16.8 Å². The molecule has 2 aliphatic rings. The normalized spacial score (nSPS) is 20.7. The van der Waals surface area contributed by atoms with E-state index in [1.54, 1.807) is 61.6 Å². The monoisotopic (exact) mass is 554 g/mol. The van der Waals surface area contributed by atoms with E-state index in [4.69, 9.17) is 14.2 Å². The minimum atomic E-state index is -3.99. The van der Waals surface area contributed by atoms with E-state index in [1.807, 2.05) is 6.92 Å². The standard InChI is InChI=1S/C27H30N4O7S/c1-17-12-31(18(2)14-32)39(34,35)26-7-5-19(21-10-28-15-29-11-21)8-24(26)38-25(17)13-30(3)27(33)20-4-6-22-23(9-20)37-16-36-22/h4-11,15,17-18,25,32H,12-14,16H2,1-3H3/t17-,18+,25+/m0/s1. The van der Waals surface area contributed by atoms with Crippen molar-refractivity contribution in [2.75, 3.05) is 33.5 Å². The van der Waals surface area contributed by atoms with Crippen LogP contribution < -0.4 is 14.2 Å². The summed E-state index contributed by atoms with van der Waals surface area (Å²) in [4.78, 5) is 22.9. The quantitative estimate of drug-likeness (QED) is 0.488. The number of sulfonamides is 1. The summed E-state index contributed by atoms with van der Waals surface area (Å²) in [6, 6.07) is 9.19. The summed E-state index contributed by atoms with van der Waals surface area (Å²) in [5.41, 5.74) is 1.82. The Balaban J connectivity index is 1.49. The number of nitrogens with zero attached hydrogens (tertiary/aromatic N) is 4. The Morgan fingerprint density at radius 1 is 1.10 bits per heavy atom. The SMILES string of the molecule is C[C@H](CO)N1C[C@H](C)[C@@H](CN(C)C(=O)c2ccc3c(c2)OCO3)Oc2cc(-c3cncnc3)ccc2S1(=O)=O. The van der Waals surface area contributed by atoms with E-state index < -0.39 is 22.2 Å². The van der Waals surface area contributed by atoms with Gasteiger partial charge in [0.05, 0.1) is 13.2 Å². The molecule has 0 radical (unpaired) electrons. The third kappa shape index (κ3) is 5.27. The lowest BCUT2D eigenvalue weighted by Gasteiger charge is -2.37. The van der Waals surface area contributed by atoms with Crippen LogP contribution in [0.2, 0.25) is 0 Å². The summed E-state index contributed by atoms with van der Waals surface area (Å²) >= 11 is 0. The van der Waals surface area contributed by atoms with E-state index in [0.29, 0.717) is 28.2 Å². The van der Waals surface area contributed by atoms with Crippen LogP contribution in [0.4, 0.5) is 0 Å². The van der Waals surface area contributed by atoms with Gasteiger partial charge in [0, 0.05) is 49.1 Å². The van der Waals surface area contributed by atoms with Crippen LogP contribution in [0.15, 0.2) is 60.0 Å². The van der Waals surface area contributed by atoms with Gasteiger partial charge in [-0.15, -0.1) is 0 Å². The Morgan fingerprint density at radius 3 is 2.59 bits per heavy atom. The predicted octanol–water partition coefficient (Wildman–Crippen LogP) is 2.41. The average Bonchev–Trinajstić information content (AvgIpc) is 3.42. The Hall–Kier alpha value is -3.74. The van der Waals surface area contributed by atoms with Crippen LogP contribution in [-0.4, -0.2) is 84.3 Å². The molecular formula is C27H30N4O7S. The highest BCUT2D eigenvalue weighted by Gasteiger charge is 2.38. The molecule has 39 heavy (non-hydrogen) atoms. The molecule has 3 aromatic rings. The fraction of sp³-hybridized carbons (Fsp3) is 0.370. The molecule has 0 spiro atoms. The van der Waals surface area contributed by atoms with Crippen molar-refractivity contribution in [2.45, 2.75) is 30.9 Å². The second kappa shape index (κ2) is 10.8. The van der Waals surface area contributed by atoms with Gasteiger partial charge in [-0.2, -0.15) is 4.31 Å². The first-order valence-electron chi connectivity index (χ1n) is 12.5. The van der Waals surface area contributed by atoms with Crippen molar-refractivity contribution in [3.63, 3.8) is 0 Å². The van der Waals surface area contributed by atoms with E-state index in [2.05, 4.69) is 9.97 Å². The Morgan fingerprint density at radius 2 is 1.85 bits per heavy atom. The zero-order chi connectivity index (χ0) is 27.7. The predicted molar refractivity (Wildman–Crippen MR) is 141 cm³/mol. The van der Waals surface area contributed by atoms with Crippen LogP contribution in [0.1, 0.15) is 24.2 Å². The highest BCUT2D eigenvalue weighted by atomic mass is 32.2. The van der Waals surface area contributed by atoms with E-state index in [1.165, 1.54) is 16.7 Å². The summed E-state index contributed by atoms with van der Waals surface area (Å²) in [6.45, 7) is 3.60. The molecule has 2 aromatic carbocycles. The van der Waals surface area contributed by atoms with Gasteiger partial charge in [-0.05, 0) is 42.8 Å². The zero-order valence-electron chi connectivity index (χ0n) is 21.9. The zero-order valence-corrected chi connectivity index (χ0v) is 22.7. The molecule has 0 bridgehead atoms. The van der Waals surface area contributed by atoms with Crippen molar-refractivity contribution in [3.05, 3.63) is 60.7 Å². The molecule has 0 aliphatic carbocycles. The van der Waals surface area contributed by atoms with Gasteiger partial charge in [0.15, 0.2) is 11.5 Å². The third-order valence-corrected chi connectivity index (χ3v) is 9.00. The van der Waals surface area contributed by atoms with Gasteiger partial charge >= 0.3 is 0 Å². The lowest BCUT2D eigenvalue weighted by Crippen LogP contribution is -2.50. The molecule has 0 unspecified atom stereocenters. The van der Waals surface area contributed by atoms with Crippen LogP contribution in [0, 0.1) is 5.92 Å². The molecule has 0 fully saturated rings. The molecular weight excluding hydrogens is 524 g/mol. The molecule has 0 saturated heterocycles. The second-order valence-corrected chi connectivity index (χ2v) is 11.6. The van der Waals surface area contributed by atoms with Gasteiger partial charge < -0.3 is 24.2 Å². The van der Waals surface area contributed by atoms with Crippen LogP contribution >= 0.6 is 0 Å². The number of benzene rings is 2. The van der Waals surface area contributed by atoms with Gasteiger partial charge in [0.1, 0.15) is 23.1 Å². The maximum Gasteiger partial charge on any atom is 0.253 e. The fourth-order valence-corrected chi connectivity index (χ4v) is 6.50. The summed E-state index contributed by atoms with van der Waals surface area (Å²) in [7, 11) is -2.32. The number of hydrogen-bond donors (Lipinski definition) is 1. The molecule has 3 heterocycles. The lowest BCUT2D eigenvalue weighted by molar-refractivity contribution is 0.0563. The van der Waals surface area contributed by atoms with Gasteiger partial charge in [0.25, 0.3) is 5.91 Å². The third-order valence-electron chi connectivity index (χ3n) is 6.98. The first kappa shape index (κ1) is 26.9. The molecule has 3 atom stereocenters. The van der Waals surface area contributed by atoms with Crippen LogP contribution in [0.25, 0.3) is 11.1 Å². The first-order chi connectivity index (χ1) is 18.7. The number of hydrogen-bond acceptors (Lipinski definition) is 9. The molecule has 1 amide bonds. The highest BCUT2D eigenvalue weighted by Crippen LogP contribution is 2.37. The van der Waals surface area contributed by atoms with Crippen molar-refractivity contribution in [1.29, 1.82) is 0 Å². The number of carbonyl (C=O) groups excluding carboxylic acids is 1. The summed E-state index contributed by atoms with van der Waals surface area (Å²) < 4.78 is 45.9. The van der Waals surface area contributed by atoms with Crippen molar-refractivity contribution >= 4 is 15.9 Å². The first-order valence-corrected chi connectivity index (χ1v) is 14.0. The van der Waals surface area contributed by atoms with Crippen molar-refractivity contribution in [3.8, 4) is 28.4 Å². The number of fused-ring (bicyclic) bond motifs is 2. The topological polar surface area (TPSA) is 131 Å². The summed E-state index contributed by atoms with van der Waals surface area (Å²) in [5.74, 6) is 0.691. The summed E-state index contributed by atoms with van der Waals surface area (Å²) in [6.07, 6.45) is 4.11. The Labute approximate surface area is 227 Å². The van der Waals surface area contributed by atoms with Crippen molar-refractivity contribution in [2.24, 2.45) is 5.92 Å². The maximum absolute atomic E-state index is 13.7. The Kier molecular flexibility index (Phi) is 7.43. The van der Waals surface area contributed by atoms with Gasteiger partial charge in [-0.25, -0.2) is 18.4 Å². The maximum atomic E-state index is 13.7. The van der Waals surface area contributed by atoms with Crippen molar-refractivity contribution in [1.82, 2.24) is 19.2 Å². The number of amides is 1. The van der Waals surface area contributed by atoms with Gasteiger partial charge in [-0.3, -0.25) is 4.79 Å². The lowest BCUT2D eigenvalue weighted by atomic mass is 10.0. The minimum Gasteiger partial charge on any atom is -0.487 e. The number of aromatic nitrogens is 2. The average molecular weight is 555 g/mol. The number of aliphatic hydroxyl groups is 1. The molecule has 1 N–H and O–H groups in total. The fourth-order valence-electron chi connectivity index (χ4n) is 4.67. The molecule has 12 heteroatoms. The molecule has 2 aliphatic heterocycles. The minimum absolute atomic E-state index is 0.00921. The molecule has 206 valence electrons.